The Hall–Kier alpha value is -1.01. The largest absolute Gasteiger partial charge is 0.391 e. The van der Waals surface area contributed by atoms with Crippen LogP contribution in [0.3, 0.4) is 0 Å². The lowest BCUT2D eigenvalue weighted by Gasteiger charge is -2.05. The van der Waals surface area contributed by atoms with Crippen molar-refractivity contribution in [2.45, 2.75) is 19.4 Å². The maximum Gasteiger partial charge on any atom is 0.295 e. The molecule has 0 saturated carbocycles. The first-order chi connectivity index (χ1) is 4.70. The number of carbonyl (C=O) groups is 1. The Labute approximate surface area is 60.4 Å². The van der Waals surface area contributed by atoms with Gasteiger partial charge in [0.1, 0.15) is 0 Å². The molecule has 1 unspecified atom stereocenters. The summed E-state index contributed by atoms with van der Waals surface area (Å²) in [5, 5.41) is 11.3. The summed E-state index contributed by atoms with van der Waals surface area (Å²) in [4.78, 5) is 10.4. The van der Waals surface area contributed by atoms with Crippen LogP contribution < -0.4 is 5.32 Å². The van der Waals surface area contributed by atoms with Crippen LogP contribution in [0.5, 0.6) is 0 Å². The highest BCUT2D eigenvalue weighted by atomic mass is 16.3. The number of hydrogen-bond acceptors (Lipinski definition) is 2. The third-order valence-corrected chi connectivity index (χ3v) is 1.10. The molecule has 56 valence electrons. The van der Waals surface area contributed by atoms with Gasteiger partial charge in [-0.15, -0.1) is 6.42 Å². The number of rotatable bonds is 3. The van der Waals surface area contributed by atoms with E-state index in [9.17, 15) is 4.79 Å². The highest BCUT2D eigenvalue weighted by molar-refractivity contribution is 5.92. The highest BCUT2D eigenvalue weighted by Crippen LogP contribution is 1.85. The minimum Gasteiger partial charge on any atom is -0.391 e. The van der Waals surface area contributed by atoms with Gasteiger partial charge in [0.25, 0.3) is 5.91 Å². The first-order valence-corrected chi connectivity index (χ1v) is 3.13. The SMILES string of the molecule is C#CC(=O)NCC(O)CC. The van der Waals surface area contributed by atoms with E-state index in [0.717, 1.165) is 0 Å². The Morgan fingerprint density at radius 3 is 2.90 bits per heavy atom. The molecule has 0 saturated heterocycles. The van der Waals surface area contributed by atoms with E-state index in [1.807, 2.05) is 12.8 Å². The van der Waals surface area contributed by atoms with E-state index in [2.05, 4.69) is 5.32 Å². The third kappa shape index (κ3) is 3.93. The Kier molecular flexibility index (Phi) is 4.34. The van der Waals surface area contributed by atoms with Crippen LogP contribution in [0.1, 0.15) is 13.3 Å². The number of terminal acetylenes is 1. The maximum absolute atomic E-state index is 10.4. The molecule has 0 aliphatic rings. The summed E-state index contributed by atoms with van der Waals surface area (Å²) in [6, 6.07) is 0. The quantitative estimate of drug-likeness (QED) is 0.521. The van der Waals surface area contributed by atoms with Crippen LogP contribution in [0.2, 0.25) is 0 Å². The van der Waals surface area contributed by atoms with Gasteiger partial charge >= 0.3 is 0 Å². The smallest absolute Gasteiger partial charge is 0.295 e. The molecule has 0 bridgehead atoms. The van der Waals surface area contributed by atoms with Crippen molar-refractivity contribution in [3.63, 3.8) is 0 Å². The number of aliphatic hydroxyl groups is 1. The number of nitrogens with one attached hydrogen (secondary N) is 1. The number of amides is 1. The van der Waals surface area contributed by atoms with Gasteiger partial charge in [-0.1, -0.05) is 6.92 Å². The average molecular weight is 141 g/mol. The highest BCUT2D eigenvalue weighted by Gasteiger charge is 2.00. The fourth-order valence-corrected chi connectivity index (χ4v) is 0.406. The van der Waals surface area contributed by atoms with E-state index in [1.54, 1.807) is 0 Å². The minimum absolute atomic E-state index is 0.236. The summed E-state index contributed by atoms with van der Waals surface area (Å²) in [6.07, 6.45) is 4.88. The van der Waals surface area contributed by atoms with E-state index < -0.39 is 12.0 Å². The van der Waals surface area contributed by atoms with Crippen LogP contribution in [0.15, 0.2) is 0 Å². The third-order valence-electron chi connectivity index (χ3n) is 1.10. The minimum atomic E-state index is -0.489. The summed E-state index contributed by atoms with van der Waals surface area (Å²) >= 11 is 0. The zero-order valence-corrected chi connectivity index (χ0v) is 5.92. The monoisotopic (exact) mass is 141 g/mol. The fraction of sp³-hybridized carbons (Fsp3) is 0.571. The Morgan fingerprint density at radius 1 is 1.90 bits per heavy atom. The molecule has 1 amide bonds. The van der Waals surface area contributed by atoms with Crippen molar-refractivity contribution in [1.29, 1.82) is 0 Å². The molecule has 3 heteroatoms. The van der Waals surface area contributed by atoms with Gasteiger partial charge in [0.15, 0.2) is 0 Å². The molecule has 1 atom stereocenters. The van der Waals surface area contributed by atoms with E-state index in [1.165, 1.54) is 0 Å². The topological polar surface area (TPSA) is 49.3 Å². The molecular formula is C7H11NO2. The fourth-order valence-electron chi connectivity index (χ4n) is 0.406. The van der Waals surface area contributed by atoms with Crippen molar-refractivity contribution in [3.05, 3.63) is 0 Å². The Morgan fingerprint density at radius 2 is 2.50 bits per heavy atom. The summed E-state index contributed by atoms with van der Waals surface area (Å²) in [5.74, 6) is 1.40. The van der Waals surface area contributed by atoms with Gasteiger partial charge in [-0.25, -0.2) is 0 Å². The van der Waals surface area contributed by atoms with Crippen LogP contribution in [-0.2, 0) is 4.79 Å². The summed E-state index contributed by atoms with van der Waals surface area (Å²) in [7, 11) is 0. The van der Waals surface area contributed by atoms with E-state index in [0.29, 0.717) is 6.42 Å². The molecule has 10 heavy (non-hydrogen) atoms. The van der Waals surface area contributed by atoms with Crippen LogP contribution in [0, 0.1) is 12.3 Å². The van der Waals surface area contributed by atoms with Gasteiger partial charge in [-0.3, -0.25) is 4.79 Å². The van der Waals surface area contributed by atoms with Gasteiger partial charge < -0.3 is 10.4 Å². The molecule has 0 spiro atoms. The lowest BCUT2D eigenvalue weighted by Crippen LogP contribution is -2.30. The molecule has 0 heterocycles. The van der Waals surface area contributed by atoms with Crippen molar-refractivity contribution >= 4 is 5.91 Å². The second-order valence-electron chi connectivity index (χ2n) is 1.92. The molecule has 2 N–H and O–H groups in total. The molecule has 3 nitrogen and oxygen atoms in total. The van der Waals surface area contributed by atoms with Crippen molar-refractivity contribution in [2.75, 3.05) is 6.54 Å². The molecule has 0 rings (SSSR count). The van der Waals surface area contributed by atoms with E-state index in [4.69, 9.17) is 11.5 Å². The van der Waals surface area contributed by atoms with Crippen LogP contribution >= 0.6 is 0 Å². The predicted molar refractivity (Wildman–Crippen MR) is 38.1 cm³/mol. The lowest BCUT2D eigenvalue weighted by molar-refractivity contribution is -0.116. The summed E-state index contributed by atoms with van der Waals surface area (Å²) in [5.41, 5.74) is 0. The van der Waals surface area contributed by atoms with Crippen LogP contribution in [0.25, 0.3) is 0 Å². The molecule has 0 aromatic heterocycles. The maximum atomic E-state index is 10.4. The van der Waals surface area contributed by atoms with Gasteiger partial charge in [-0.2, -0.15) is 0 Å². The molecule has 0 aliphatic heterocycles. The normalized spacial score (nSPS) is 11.7. The van der Waals surface area contributed by atoms with Crippen molar-refractivity contribution in [1.82, 2.24) is 5.32 Å². The molecule has 0 fully saturated rings. The predicted octanol–water partition coefficient (Wildman–Crippen LogP) is -0.493. The van der Waals surface area contributed by atoms with Crippen molar-refractivity contribution in [3.8, 4) is 12.3 Å². The summed E-state index contributed by atoms with van der Waals surface area (Å²) < 4.78 is 0. The van der Waals surface area contributed by atoms with Crippen LogP contribution in [-0.4, -0.2) is 23.7 Å². The second kappa shape index (κ2) is 4.83. The van der Waals surface area contributed by atoms with Gasteiger partial charge in [-0.05, 0) is 12.3 Å². The molecule has 0 aliphatic carbocycles. The molecular weight excluding hydrogens is 130 g/mol. The zero-order chi connectivity index (χ0) is 7.98. The first-order valence-electron chi connectivity index (χ1n) is 3.13. The lowest BCUT2D eigenvalue weighted by atomic mass is 10.3. The molecule has 0 radical (unpaired) electrons. The molecule has 0 aromatic carbocycles. The number of carbonyl (C=O) groups excluding carboxylic acids is 1. The average Bonchev–Trinajstić information content (AvgIpc) is 1.99. The number of hydrogen-bond donors (Lipinski definition) is 2. The van der Waals surface area contributed by atoms with E-state index >= 15 is 0 Å². The summed E-state index contributed by atoms with van der Waals surface area (Å²) in [6.45, 7) is 2.06. The van der Waals surface area contributed by atoms with Gasteiger partial charge in [0, 0.05) is 6.54 Å². The second-order valence-corrected chi connectivity index (χ2v) is 1.92. The zero-order valence-electron chi connectivity index (χ0n) is 5.92. The van der Waals surface area contributed by atoms with Gasteiger partial charge in [0.05, 0.1) is 6.10 Å². The van der Waals surface area contributed by atoms with Crippen LogP contribution in [0.4, 0.5) is 0 Å². The Balaban J connectivity index is 3.37. The van der Waals surface area contributed by atoms with Gasteiger partial charge in [0.2, 0.25) is 0 Å². The van der Waals surface area contributed by atoms with E-state index in [-0.39, 0.29) is 6.54 Å². The van der Waals surface area contributed by atoms with Crippen molar-refractivity contribution < 1.29 is 9.90 Å². The standard InChI is InChI=1S/C7H11NO2/c1-3-6(9)5-8-7(10)4-2/h2,6,9H,3,5H2,1H3,(H,8,10). The van der Waals surface area contributed by atoms with Crippen molar-refractivity contribution in [2.24, 2.45) is 0 Å². The first kappa shape index (κ1) is 8.99. The Bertz CT molecular complexity index is 148. The molecule has 0 aromatic rings. The number of aliphatic hydroxyl groups excluding tert-OH is 1.